The average Bonchev–Trinajstić information content (AvgIpc) is 2.78. The molecule has 0 saturated carbocycles. The van der Waals surface area contributed by atoms with Gasteiger partial charge in [-0.25, -0.2) is 9.59 Å². The molecule has 1 N–H and O–H groups in total. The summed E-state index contributed by atoms with van der Waals surface area (Å²) in [5, 5.41) is 13.6. The molecule has 3 rings (SSSR count). The molecule has 2 aromatic carbocycles. The molecular weight excluding hydrogens is 414 g/mol. The molecule has 0 spiro atoms. The number of carbonyl (C=O) groups excluding carboxylic acids is 2. The normalized spacial score (nSPS) is 15.9. The molecular formula is C23H25N3O6. The molecule has 1 aliphatic heterocycles. The van der Waals surface area contributed by atoms with Crippen LogP contribution < -0.4 is 10.1 Å². The van der Waals surface area contributed by atoms with Crippen LogP contribution in [0.3, 0.4) is 0 Å². The largest absolute Gasteiger partial charge is 0.489 e. The third-order valence-corrected chi connectivity index (χ3v) is 5.17. The minimum atomic E-state index is -0.631. The Kier molecular flexibility index (Phi) is 7.09. The quantitative estimate of drug-likeness (QED) is 0.377. The van der Waals surface area contributed by atoms with Crippen molar-refractivity contribution >= 4 is 17.7 Å². The number of esters is 1. The molecule has 0 aromatic heterocycles. The fraction of sp³-hybridized carbons (Fsp3) is 0.304. The Bertz CT molecular complexity index is 1030. The van der Waals surface area contributed by atoms with E-state index in [9.17, 15) is 19.7 Å². The Morgan fingerprint density at radius 1 is 1.12 bits per heavy atom. The van der Waals surface area contributed by atoms with Gasteiger partial charge < -0.3 is 14.8 Å². The van der Waals surface area contributed by atoms with Crippen LogP contribution >= 0.6 is 0 Å². The van der Waals surface area contributed by atoms with Gasteiger partial charge in [-0.15, -0.1) is 0 Å². The Morgan fingerprint density at radius 2 is 1.78 bits per heavy atom. The first-order chi connectivity index (χ1) is 15.3. The van der Waals surface area contributed by atoms with Gasteiger partial charge in [-0.05, 0) is 56.2 Å². The molecule has 0 bridgehead atoms. The summed E-state index contributed by atoms with van der Waals surface area (Å²) in [6.07, 6.45) is 0. The van der Waals surface area contributed by atoms with Crippen LogP contribution in [0.2, 0.25) is 0 Å². The van der Waals surface area contributed by atoms with Crippen LogP contribution in [0.4, 0.5) is 10.5 Å². The lowest BCUT2D eigenvalue weighted by Gasteiger charge is -2.34. The minimum Gasteiger partial charge on any atom is -0.489 e. The third kappa shape index (κ3) is 4.88. The highest BCUT2D eigenvalue weighted by atomic mass is 16.6. The Balaban J connectivity index is 1.77. The molecule has 0 aliphatic carbocycles. The van der Waals surface area contributed by atoms with Crippen molar-refractivity contribution in [1.29, 1.82) is 0 Å². The first kappa shape index (κ1) is 22.8. The van der Waals surface area contributed by atoms with Crippen molar-refractivity contribution in [3.8, 4) is 5.75 Å². The number of ether oxygens (including phenoxy) is 2. The van der Waals surface area contributed by atoms with Crippen LogP contribution in [0.1, 0.15) is 37.9 Å². The zero-order valence-corrected chi connectivity index (χ0v) is 18.2. The Morgan fingerprint density at radius 3 is 2.34 bits per heavy atom. The van der Waals surface area contributed by atoms with Crippen molar-refractivity contribution in [2.24, 2.45) is 0 Å². The molecule has 2 amide bonds. The van der Waals surface area contributed by atoms with E-state index < -0.39 is 16.9 Å². The number of nitrogens with zero attached hydrogens (tertiary/aromatic N) is 2. The van der Waals surface area contributed by atoms with Crippen molar-refractivity contribution in [3.63, 3.8) is 0 Å². The van der Waals surface area contributed by atoms with Crippen molar-refractivity contribution in [2.75, 3.05) is 13.2 Å². The molecule has 0 radical (unpaired) electrons. The van der Waals surface area contributed by atoms with Gasteiger partial charge in [0.1, 0.15) is 12.4 Å². The predicted molar refractivity (Wildman–Crippen MR) is 117 cm³/mol. The van der Waals surface area contributed by atoms with E-state index in [0.29, 0.717) is 23.6 Å². The number of amides is 2. The molecule has 2 aromatic rings. The van der Waals surface area contributed by atoms with Gasteiger partial charge in [-0.2, -0.15) is 0 Å². The summed E-state index contributed by atoms with van der Waals surface area (Å²) in [6.45, 7) is 6.22. The SMILES string of the molecule is CCOC(=O)C1=C(C)N(CC)C(=O)NC1c1ccc(OCc2ccc([N+](=O)[O-])cc2)cc1. The van der Waals surface area contributed by atoms with Crippen molar-refractivity contribution in [1.82, 2.24) is 10.2 Å². The van der Waals surface area contributed by atoms with Gasteiger partial charge in [0.2, 0.25) is 0 Å². The Hall–Kier alpha value is -3.88. The summed E-state index contributed by atoms with van der Waals surface area (Å²) in [5.74, 6) is 0.120. The predicted octanol–water partition coefficient (Wildman–Crippen LogP) is 4.10. The van der Waals surface area contributed by atoms with Crippen molar-refractivity contribution in [3.05, 3.63) is 81.0 Å². The van der Waals surface area contributed by atoms with Gasteiger partial charge in [-0.3, -0.25) is 15.0 Å². The summed E-state index contributed by atoms with van der Waals surface area (Å²) >= 11 is 0. The first-order valence-corrected chi connectivity index (χ1v) is 10.3. The maximum absolute atomic E-state index is 12.6. The molecule has 32 heavy (non-hydrogen) atoms. The molecule has 1 unspecified atom stereocenters. The zero-order valence-electron chi connectivity index (χ0n) is 18.2. The summed E-state index contributed by atoms with van der Waals surface area (Å²) in [6, 6.07) is 12.3. The van der Waals surface area contributed by atoms with Gasteiger partial charge >= 0.3 is 12.0 Å². The number of urea groups is 1. The monoisotopic (exact) mass is 439 g/mol. The number of non-ortho nitro benzene ring substituents is 1. The van der Waals surface area contributed by atoms with E-state index in [4.69, 9.17) is 9.47 Å². The number of benzene rings is 2. The van der Waals surface area contributed by atoms with E-state index in [1.54, 1.807) is 50.2 Å². The second-order valence-electron chi connectivity index (χ2n) is 7.13. The number of nitro groups is 1. The summed E-state index contributed by atoms with van der Waals surface area (Å²) in [7, 11) is 0. The molecule has 9 nitrogen and oxygen atoms in total. The molecule has 1 aliphatic rings. The lowest BCUT2D eigenvalue weighted by Crippen LogP contribution is -2.47. The maximum atomic E-state index is 12.6. The van der Waals surface area contributed by atoms with Gasteiger partial charge in [0.25, 0.3) is 5.69 Å². The molecule has 0 saturated heterocycles. The molecule has 9 heteroatoms. The first-order valence-electron chi connectivity index (χ1n) is 10.3. The van der Waals surface area contributed by atoms with Crippen LogP contribution in [0.5, 0.6) is 5.75 Å². The second kappa shape index (κ2) is 9.95. The highest BCUT2D eigenvalue weighted by Gasteiger charge is 2.35. The lowest BCUT2D eigenvalue weighted by atomic mass is 9.95. The van der Waals surface area contributed by atoms with E-state index >= 15 is 0 Å². The van der Waals surface area contributed by atoms with Gasteiger partial charge in [0.05, 0.1) is 23.1 Å². The van der Waals surface area contributed by atoms with Crippen molar-refractivity contribution < 1.29 is 24.0 Å². The number of rotatable bonds is 8. The fourth-order valence-corrected chi connectivity index (χ4v) is 3.52. The van der Waals surface area contributed by atoms with Crippen molar-refractivity contribution in [2.45, 2.75) is 33.4 Å². The van der Waals surface area contributed by atoms with Gasteiger partial charge in [0, 0.05) is 24.4 Å². The average molecular weight is 439 g/mol. The summed E-state index contributed by atoms with van der Waals surface area (Å²) in [4.78, 5) is 36.9. The minimum absolute atomic E-state index is 0.0232. The van der Waals surface area contributed by atoms with E-state index in [0.717, 1.165) is 11.1 Å². The number of allylic oxidation sites excluding steroid dienone is 1. The zero-order chi connectivity index (χ0) is 23.3. The fourth-order valence-electron chi connectivity index (χ4n) is 3.52. The highest BCUT2D eigenvalue weighted by Crippen LogP contribution is 2.32. The number of hydrogen-bond acceptors (Lipinski definition) is 6. The number of nitro benzene ring substituents is 1. The van der Waals surface area contributed by atoms with Crippen LogP contribution in [0.15, 0.2) is 59.8 Å². The summed E-state index contributed by atoms with van der Waals surface area (Å²) < 4.78 is 11.0. The van der Waals surface area contributed by atoms with E-state index in [1.807, 2.05) is 6.92 Å². The standard InChI is InChI=1S/C23H25N3O6/c1-4-25-15(3)20(22(27)31-5-2)21(24-23(25)28)17-8-12-19(13-9-17)32-14-16-6-10-18(11-7-16)26(29)30/h6-13,21H,4-5,14H2,1-3H3,(H,24,28). The highest BCUT2D eigenvalue weighted by molar-refractivity contribution is 5.95. The Labute approximate surface area is 185 Å². The van der Waals surface area contributed by atoms with E-state index in [1.165, 1.54) is 17.0 Å². The van der Waals surface area contributed by atoms with Crippen LogP contribution in [0.25, 0.3) is 0 Å². The maximum Gasteiger partial charge on any atom is 0.338 e. The molecule has 1 atom stereocenters. The number of carbonyl (C=O) groups is 2. The number of nitrogens with one attached hydrogen (secondary N) is 1. The molecule has 1 heterocycles. The van der Waals surface area contributed by atoms with E-state index in [2.05, 4.69) is 5.32 Å². The lowest BCUT2D eigenvalue weighted by molar-refractivity contribution is -0.384. The molecule has 168 valence electrons. The van der Waals surface area contributed by atoms with Crippen LogP contribution in [-0.2, 0) is 16.1 Å². The topological polar surface area (TPSA) is 111 Å². The van der Waals surface area contributed by atoms with Crippen LogP contribution in [-0.4, -0.2) is 35.0 Å². The summed E-state index contributed by atoms with van der Waals surface area (Å²) in [5.41, 5.74) is 2.50. The molecule has 0 fully saturated rings. The third-order valence-electron chi connectivity index (χ3n) is 5.17. The van der Waals surface area contributed by atoms with Gasteiger partial charge in [0.15, 0.2) is 0 Å². The smallest absolute Gasteiger partial charge is 0.338 e. The van der Waals surface area contributed by atoms with Crippen LogP contribution in [0, 0.1) is 10.1 Å². The number of hydrogen-bond donors (Lipinski definition) is 1. The van der Waals surface area contributed by atoms with Gasteiger partial charge in [-0.1, -0.05) is 12.1 Å². The van der Waals surface area contributed by atoms with E-state index in [-0.39, 0.29) is 24.9 Å². The second-order valence-corrected chi connectivity index (χ2v) is 7.13.